The van der Waals surface area contributed by atoms with Crippen LogP contribution >= 0.6 is 23.5 Å². The minimum atomic E-state index is -0.270. The molecule has 3 aromatic rings. The van der Waals surface area contributed by atoms with Gasteiger partial charge in [0.25, 0.3) is 0 Å². The molecular weight excluding hydrogens is 419 g/mol. The van der Waals surface area contributed by atoms with Gasteiger partial charge >= 0.3 is 0 Å². The molecule has 2 aromatic carbocycles. The first-order valence-corrected chi connectivity index (χ1v) is 12.0. The Labute approximate surface area is 183 Å². The van der Waals surface area contributed by atoms with E-state index in [0.717, 1.165) is 35.3 Å². The summed E-state index contributed by atoms with van der Waals surface area (Å²) in [5.41, 5.74) is 1.59. The molecule has 1 aromatic heterocycles. The van der Waals surface area contributed by atoms with Crippen molar-refractivity contribution in [3.63, 3.8) is 0 Å². The van der Waals surface area contributed by atoms with Crippen molar-refractivity contribution in [1.82, 2.24) is 19.7 Å². The van der Waals surface area contributed by atoms with Crippen LogP contribution in [0.15, 0.2) is 59.8 Å². The Morgan fingerprint density at radius 3 is 2.63 bits per heavy atom. The zero-order chi connectivity index (χ0) is 20.5. The fraction of sp³-hybridized carbons (Fsp3) is 0.318. The lowest BCUT2D eigenvalue weighted by atomic mass is 10.2. The molecule has 0 spiro atoms. The number of para-hydroxylation sites is 1. The predicted molar refractivity (Wildman–Crippen MR) is 117 cm³/mol. The molecule has 154 valence electrons. The average molecular weight is 441 g/mol. The van der Waals surface area contributed by atoms with Gasteiger partial charge in [-0.1, -0.05) is 48.2 Å². The molecule has 0 N–H and O–H groups in total. The van der Waals surface area contributed by atoms with E-state index in [1.54, 1.807) is 28.8 Å². The molecule has 2 fully saturated rings. The molecule has 1 amide bonds. The quantitative estimate of drug-likeness (QED) is 0.522. The van der Waals surface area contributed by atoms with Gasteiger partial charge in [0, 0.05) is 29.5 Å². The van der Waals surface area contributed by atoms with Crippen LogP contribution in [-0.4, -0.2) is 43.6 Å². The first kappa shape index (κ1) is 19.6. The fourth-order valence-electron chi connectivity index (χ4n) is 3.67. The number of nitrogens with zero attached hydrogens (tertiary/aromatic N) is 4. The normalized spacial score (nSPS) is 18.7. The van der Waals surface area contributed by atoms with Gasteiger partial charge in [0.15, 0.2) is 5.16 Å². The van der Waals surface area contributed by atoms with Crippen molar-refractivity contribution in [1.29, 1.82) is 0 Å². The Kier molecular flexibility index (Phi) is 5.52. The lowest BCUT2D eigenvalue weighted by Crippen LogP contribution is -2.32. The van der Waals surface area contributed by atoms with Crippen LogP contribution in [0.25, 0.3) is 5.69 Å². The van der Waals surface area contributed by atoms with Crippen molar-refractivity contribution >= 4 is 29.4 Å². The van der Waals surface area contributed by atoms with Crippen LogP contribution in [0.3, 0.4) is 0 Å². The highest BCUT2D eigenvalue weighted by Crippen LogP contribution is 2.42. The third kappa shape index (κ3) is 3.86. The molecule has 2 heterocycles. The lowest BCUT2D eigenvalue weighted by Gasteiger charge is -2.24. The van der Waals surface area contributed by atoms with E-state index in [1.165, 1.54) is 17.8 Å². The topological polar surface area (TPSA) is 51.0 Å². The molecule has 1 saturated heterocycles. The zero-order valence-corrected chi connectivity index (χ0v) is 17.9. The number of hydrogen-bond donors (Lipinski definition) is 0. The SMILES string of the molecule is O=C(CSc1nnc(C2CC2)n1-c1ccccc1)N1CCS[C@@H]1c1ccccc1F. The summed E-state index contributed by atoms with van der Waals surface area (Å²) in [5.74, 6) is 2.21. The van der Waals surface area contributed by atoms with Gasteiger partial charge in [0.05, 0.1) is 5.75 Å². The van der Waals surface area contributed by atoms with Crippen molar-refractivity contribution < 1.29 is 9.18 Å². The van der Waals surface area contributed by atoms with Gasteiger partial charge in [-0.05, 0) is 31.0 Å². The van der Waals surface area contributed by atoms with Crippen LogP contribution in [0.5, 0.6) is 0 Å². The maximum atomic E-state index is 14.3. The summed E-state index contributed by atoms with van der Waals surface area (Å²) in [5, 5.41) is 9.26. The molecule has 1 saturated carbocycles. The van der Waals surface area contributed by atoms with Crippen LogP contribution in [0.2, 0.25) is 0 Å². The molecule has 1 aliphatic heterocycles. The van der Waals surface area contributed by atoms with Gasteiger partial charge in [-0.3, -0.25) is 9.36 Å². The largest absolute Gasteiger partial charge is 0.325 e. The molecule has 2 aliphatic rings. The van der Waals surface area contributed by atoms with E-state index in [-0.39, 0.29) is 22.9 Å². The van der Waals surface area contributed by atoms with Gasteiger partial charge in [-0.2, -0.15) is 0 Å². The van der Waals surface area contributed by atoms with E-state index >= 15 is 0 Å². The van der Waals surface area contributed by atoms with Crippen LogP contribution in [0.4, 0.5) is 4.39 Å². The highest BCUT2D eigenvalue weighted by atomic mass is 32.2. The number of aromatic nitrogens is 3. The summed E-state index contributed by atoms with van der Waals surface area (Å²) in [4.78, 5) is 14.8. The average Bonchev–Trinajstić information content (AvgIpc) is 3.34. The number of amides is 1. The van der Waals surface area contributed by atoms with Crippen LogP contribution < -0.4 is 0 Å². The van der Waals surface area contributed by atoms with E-state index in [4.69, 9.17) is 0 Å². The van der Waals surface area contributed by atoms with E-state index in [0.29, 0.717) is 18.0 Å². The highest BCUT2D eigenvalue weighted by molar-refractivity contribution is 8.00. The molecule has 1 atom stereocenters. The first-order chi connectivity index (χ1) is 14.7. The smallest absolute Gasteiger partial charge is 0.234 e. The maximum Gasteiger partial charge on any atom is 0.234 e. The standard InChI is InChI=1S/C22H21FN4OS2/c23-18-9-5-4-8-17(18)21-26(12-13-29-21)19(28)14-30-22-25-24-20(15-10-11-15)27(22)16-6-2-1-3-7-16/h1-9,15,21H,10-14H2/t21-/m1/s1. The van der Waals surface area contributed by atoms with Crippen molar-refractivity contribution in [2.45, 2.75) is 29.3 Å². The van der Waals surface area contributed by atoms with Gasteiger partial charge in [0.2, 0.25) is 5.91 Å². The molecule has 5 nitrogen and oxygen atoms in total. The third-order valence-corrected chi connectivity index (χ3v) is 7.48. The molecule has 0 unspecified atom stereocenters. The van der Waals surface area contributed by atoms with Crippen molar-refractivity contribution in [2.75, 3.05) is 18.1 Å². The minimum absolute atomic E-state index is 0.00571. The Bertz CT molecular complexity index is 1050. The number of benzene rings is 2. The van der Waals surface area contributed by atoms with E-state index in [2.05, 4.69) is 14.8 Å². The molecule has 0 radical (unpaired) electrons. The number of thioether (sulfide) groups is 2. The molecule has 30 heavy (non-hydrogen) atoms. The lowest BCUT2D eigenvalue weighted by molar-refractivity contribution is -0.128. The van der Waals surface area contributed by atoms with Crippen molar-refractivity contribution in [2.24, 2.45) is 0 Å². The number of carbonyl (C=O) groups is 1. The molecule has 1 aliphatic carbocycles. The number of halogens is 1. The maximum absolute atomic E-state index is 14.3. The van der Waals surface area contributed by atoms with Gasteiger partial charge in [-0.15, -0.1) is 22.0 Å². The Morgan fingerprint density at radius 2 is 1.87 bits per heavy atom. The fourth-order valence-corrected chi connectivity index (χ4v) is 5.81. The van der Waals surface area contributed by atoms with E-state index < -0.39 is 0 Å². The van der Waals surface area contributed by atoms with Crippen LogP contribution in [-0.2, 0) is 4.79 Å². The Morgan fingerprint density at radius 1 is 1.10 bits per heavy atom. The Balaban J connectivity index is 1.34. The summed E-state index contributed by atoms with van der Waals surface area (Å²) in [7, 11) is 0. The summed E-state index contributed by atoms with van der Waals surface area (Å²) >= 11 is 3.01. The zero-order valence-electron chi connectivity index (χ0n) is 16.3. The van der Waals surface area contributed by atoms with Gasteiger partial charge in [0.1, 0.15) is 17.0 Å². The molecule has 5 rings (SSSR count). The second-order valence-electron chi connectivity index (χ2n) is 7.41. The summed E-state index contributed by atoms with van der Waals surface area (Å²) < 4.78 is 16.3. The third-order valence-electron chi connectivity index (χ3n) is 5.32. The Hall–Kier alpha value is -2.32. The van der Waals surface area contributed by atoms with E-state index in [1.807, 2.05) is 36.4 Å². The summed E-state index contributed by atoms with van der Waals surface area (Å²) in [6, 6.07) is 16.7. The van der Waals surface area contributed by atoms with Crippen molar-refractivity contribution in [3.8, 4) is 5.69 Å². The van der Waals surface area contributed by atoms with Crippen LogP contribution in [0, 0.1) is 5.82 Å². The summed E-state index contributed by atoms with van der Waals surface area (Å²) in [6.45, 7) is 0.627. The van der Waals surface area contributed by atoms with Crippen LogP contribution in [0.1, 0.15) is 35.5 Å². The van der Waals surface area contributed by atoms with E-state index in [9.17, 15) is 9.18 Å². The highest BCUT2D eigenvalue weighted by Gasteiger charge is 2.34. The minimum Gasteiger partial charge on any atom is -0.325 e. The second-order valence-corrected chi connectivity index (χ2v) is 9.54. The predicted octanol–water partition coefficient (Wildman–Crippen LogP) is 4.65. The number of rotatable bonds is 6. The number of carbonyl (C=O) groups excluding carboxylic acids is 1. The van der Waals surface area contributed by atoms with Gasteiger partial charge in [-0.25, -0.2) is 4.39 Å². The van der Waals surface area contributed by atoms with Gasteiger partial charge < -0.3 is 4.90 Å². The summed E-state index contributed by atoms with van der Waals surface area (Å²) in [6.07, 6.45) is 2.26. The van der Waals surface area contributed by atoms with Crippen molar-refractivity contribution in [3.05, 3.63) is 71.8 Å². The monoisotopic (exact) mass is 440 g/mol. The second kappa shape index (κ2) is 8.43. The number of hydrogen-bond acceptors (Lipinski definition) is 5. The molecular formula is C22H21FN4OS2. The first-order valence-electron chi connectivity index (χ1n) is 10.0. The molecule has 8 heteroatoms. The molecule has 0 bridgehead atoms.